The van der Waals surface area contributed by atoms with E-state index in [1.165, 1.54) is 6.42 Å². The molecule has 0 aromatic heterocycles. The third kappa shape index (κ3) is 6.10. The lowest BCUT2D eigenvalue weighted by molar-refractivity contribution is -0.144. The molecule has 5 heteroatoms. The summed E-state index contributed by atoms with van der Waals surface area (Å²) in [5.41, 5.74) is 1.15. The van der Waals surface area contributed by atoms with Crippen LogP contribution >= 0.6 is 15.9 Å². The smallest absolute Gasteiger partial charge is 0.320 e. The van der Waals surface area contributed by atoms with Crippen molar-refractivity contribution in [3.05, 3.63) is 28.2 Å². The fourth-order valence-corrected chi connectivity index (χ4v) is 3.57. The van der Waals surface area contributed by atoms with Gasteiger partial charge in [-0.05, 0) is 64.1 Å². The highest BCUT2D eigenvalue weighted by molar-refractivity contribution is 9.10. The van der Waals surface area contributed by atoms with Crippen LogP contribution < -0.4 is 4.74 Å². The van der Waals surface area contributed by atoms with Gasteiger partial charge in [0.2, 0.25) is 0 Å². The second kappa shape index (κ2) is 10.0. The molecule has 1 aliphatic heterocycles. The van der Waals surface area contributed by atoms with Gasteiger partial charge in [-0.15, -0.1) is 0 Å². The predicted octanol–water partition coefficient (Wildman–Crippen LogP) is 4.19. The summed E-state index contributed by atoms with van der Waals surface area (Å²) in [6.45, 7) is 7.54. The molecule has 0 bridgehead atoms. The Morgan fingerprint density at radius 2 is 2.25 bits per heavy atom. The fourth-order valence-electron chi connectivity index (χ4n) is 3.22. The lowest BCUT2D eigenvalue weighted by atomic mass is 9.93. The molecule has 1 aromatic rings. The third-order valence-corrected chi connectivity index (χ3v) is 5.35. The van der Waals surface area contributed by atoms with Crippen molar-refractivity contribution in [1.29, 1.82) is 0 Å². The van der Waals surface area contributed by atoms with Crippen LogP contribution in [0, 0.1) is 12.8 Å². The van der Waals surface area contributed by atoms with Crippen LogP contribution in [0.4, 0.5) is 0 Å². The molecular formula is C19H28BrNO3. The standard InChI is InChI=1S/C19H28BrNO3/c1-3-23-19(22)14-21-11-5-7-16(13-21)8-6-12-24-18-10-4-9-17(20)15(18)2/h4,9-10,16H,3,5-8,11-14H2,1-2H3/t16-/m0/s1. The molecule has 0 unspecified atom stereocenters. The number of benzene rings is 1. The van der Waals surface area contributed by atoms with Crippen molar-refractivity contribution in [1.82, 2.24) is 4.90 Å². The number of carbonyl (C=O) groups is 1. The molecule has 0 amide bonds. The molecule has 0 N–H and O–H groups in total. The largest absolute Gasteiger partial charge is 0.493 e. The van der Waals surface area contributed by atoms with Crippen LogP contribution in [-0.4, -0.2) is 43.7 Å². The van der Waals surface area contributed by atoms with Crippen molar-refractivity contribution in [2.75, 3.05) is 32.8 Å². The monoisotopic (exact) mass is 397 g/mol. The molecule has 1 heterocycles. The zero-order valence-corrected chi connectivity index (χ0v) is 16.3. The van der Waals surface area contributed by atoms with Gasteiger partial charge in [0.15, 0.2) is 0 Å². The molecule has 1 aliphatic rings. The molecule has 0 spiro atoms. The van der Waals surface area contributed by atoms with Crippen LogP contribution in [0.2, 0.25) is 0 Å². The van der Waals surface area contributed by atoms with Gasteiger partial charge in [0.25, 0.3) is 0 Å². The van der Waals surface area contributed by atoms with E-state index in [0.717, 1.165) is 54.7 Å². The van der Waals surface area contributed by atoms with Gasteiger partial charge in [-0.3, -0.25) is 9.69 Å². The van der Waals surface area contributed by atoms with Gasteiger partial charge in [-0.25, -0.2) is 0 Å². The van der Waals surface area contributed by atoms with Crippen LogP contribution in [0.3, 0.4) is 0 Å². The zero-order valence-electron chi connectivity index (χ0n) is 14.7. The summed E-state index contributed by atoms with van der Waals surface area (Å²) in [4.78, 5) is 13.8. The van der Waals surface area contributed by atoms with Gasteiger partial charge in [0.05, 0.1) is 19.8 Å². The van der Waals surface area contributed by atoms with Crippen LogP contribution in [0.5, 0.6) is 5.75 Å². The van der Waals surface area contributed by atoms with E-state index in [2.05, 4.69) is 27.8 Å². The van der Waals surface area contributed by atoms with Crippen molar-refractivity contribution in [2.24, 2.45) is 5.92 Å². The van der Waals surface area contributed by atoms with E-state index in [0.29, 0.717) is 19.1 Å². The van der Waals surface area contributed by atoms with Gasteiger partial charge in [0, 0.05) is 16.6 Å². The molecule has 1 saturated heterocycles. The second-order valence-electron chi connectivity index (χ2n) is 6.40. The first-order chi connectivity index (χ1) is 11.6. The molecule has 1 aromatic carbocycles. The van der Waals surface area contributed by atoms with Gasteiger partial charge < -0.3 is 9.47 Å². The Bertz CT molecular complexity index is 535. The maximum absolute atomic E-state index is 11.6. The van der Waals surface area contributed by atoms with Crippen molar-refractivity contribution >= 4 is 21.9 Å². The van der Waals surface area contributed by atoms with E-state index >= 15 is 0 Å². The van der Waals surface area contributed by atoms with Crippen LogP contribution in [0.15, 0.2) is 22.7 Å². The summed E-state index contributed by atoms with van der Waals surface area (Å²) in [6, 6.07) is 6.05. The molecular weight excluding hydrogens is 370 g/mol. The normalized spacial score (nSPS) is 18.4. The number of likely N-dealkylation sites (tertiary alicyclic amines) is 1. The van der Waals surface area contributed by atoms with E-state index in [4.69, 9.17) is 9.47 Å². The lowest BCUT2D eigenvalue weighted by Crippen LogP contribution is -2.39. The van der Waals surface area contributed by atoms with E-state index in [1.807, 2.05) is 25.1 Å². The summed E-state index contributed by atoms with van der Waals surface area (Å²) in [5.74, 6) is 1.50. The number of esters is 1. The van der Waals surface area contributed by atoms with Crippen LogP contribution in [0.1, 0.15) is 38.2 Å². The quantitative estimate of drug-likeness (QED) is 0.486. The Hall–Kier alpha value is -1.07. The molecule has 1 atom stereocenters. The minimum Gasteiger partial charge on any atom is -0.493 e. The van der Waals surface area contributed by atoms with Crippen molar-refractivity contribution in [2.45, 2.75) is 39.5 Å². The summed E-state index contributed by atoms with van der Waals surface area (Å²) < 4.78 is 12.0. The minimum atomic E-state index is -0.105. The predicted molar refractivity (Wildman–Crippen MR) is 99.4 cm³/mol. The maximum atomic E-state index is 11.6. The highest BCUT2D eigenvalue weighted by Crippen LogP contribution is 2.26. The molecule has 134 valence electrons. The van der Waals surface area contributed by atoms with Crippen molar-refractivity contribution in [3.8, 4) is 5.75 Å². The topological polar surface area (TPSA) is 38.8 Å². The van der Waals surface area contributed by atoms with Crippen LogP contribution in [-0.2, 0) is 9.53 Å². The molecule has 0 saturated carbocycles. The Morgan fingerprint density at radius 3 is 3.04 bits per heavy atom. The number of hydrogen-bond donors (Lipinski definition) is 0. The summed E-state index contributed by atoms with van der Waals surface area (Å²) in [7, 11) is 0. The second-order valence-corrected chi connectivity index (χ2v) is 7.26. The van der Waals surface area contributed by atoms with Crippen molar-refractivity contribution < 1.29 is 14.3 Å². The average Bonchev–Trinajstić information content (AvgIpc) is 2.56. The number of nitrogens with zero attached hydrogens (tertiary/aromatic N) is 1. The molecule has 0 aliphatic carbocycles. The van der Waals surface area contributed by atoms with Crippen LogP contribution in [0.25, 0.3) is 0 Å². The van der Waals surface area contributed by atoms with Gasteiger partial charge in [-0.2, -0.15) is 0 Å². The number of carbonyl (C=O) groups excluding carboxylic acids is 1. The molecule has 4 nitrogen and oxygen atoms in total. The zero-order chi connectivity index (χ0) is 17.4. The molecule has 24 heavy (non-hydrogen) atoms. The highest BCUT2D eigenvalue weighted by atomic mass is 79.9. The Morgan fingerprint density at radius 1 is 1.42 bits per heavy atom. The first-order valence-corrected chi connectivity index (χ1v) is 9.65. The Kier molecular flexibility index (Phi) is 8.06. The molecule has 0 radical (unpaired) electrons. The SMILES string of the molecule is CCOC(=O)CN1CCC[C@@H](CCCOc2cccc(Br)c2C)C1. The maximum Gasteiger partial charge on any atom is 0.320 e. The number of rotatable bonds is 8. The van der Waals surface area contributed by atoms with E-state index in [9.17, 15) is 4.79 Å². The first-order valence-electron chi connectivity index (χ1n) is 8.86. The number of hydrogen-bond acceptors (Lipinski definition) is 4. The lowest BCUT2D eigenvalue weighted by Gasteiger charge is -2.32. The van der Waals surface area contributed by atoms with Gasteiger partial charge >= 0.3 is 5.97 Å². The molecule has 2 rings (SSSR count). The fraction of sp³-hybridized carbons (Fsp3) is 0.632. The van der Waals surface area contributed by atoms with E-state index < -0.39 is 0 Å². The summed E-state index contributed by atoms with van der Waals surface area (Å²) in [5, 5.41) is 0. The highest BCUT2D eigenvalue weighted by Gasteiger charge is 2.21. The summed E-state index contributed by atoms with van der Waals surface area (Å²) in [6.07, 6.45) is 4.60. The van der Waals surface area contributed by atoms with Gasteiger partial charge in [-0.1, -0.05) is 22.0 Å². The van der Waals surface area contributed by atoms with E-state index in [-0.39, 0.29) is 5.97 Å². The minimum absolute atomic E-state index is 0.105. The van der Waals surface area contributed by atoms with E-state index in [1.54, 1.807) is 0 Å². The van der Waals surface area contributed by atoms with Crippen molar-refractivity contribution in [3.63, 3.8) is 0 Å². The first kappa shape index (κ1) is 19.3. The number of piperidine rings is 1. The Labute approximate surface area is 153 Å². The number of ether oxygens (including phenoxy) is 2. The average molecular weight is 398 g/mol. The number of halogens is 1. The van der Waals surface area contributed by atoms with Gasteiger partial charge in [0.1, 0.15) is 5.75 Å². The summed E-state index contributed by atoms with van der Waals surface area (Å²) >= 11 is 3.53. The Balaban J connectivity index is 1.68. The molecule has 1 fully saturated rings. The third-order valence-electron chi connectivity index (χ3n) is 4.49.